The number of nitrogens with one attached hydrogen (secondary N) is 1. The molecule has 96 valence electrons. The zero-order valence-corrected chi connectivity index (χ0v) is 11.3. The summed E-state index contributed by atoms with van der Waals surface area (Å²) < 4.78 is 1.85. The summed E-state index contributed by atoms with van der Waals surface area (Å²) in [6.07, 6.45) is 1.86. The fraction of sp³-hybridized carbons (Fsp3) is 0.308. The average Bonchev–Trinajstić information content (AvgIpc) is 2.70. The maximum atomic E-state index is 5.86. The molecule has 1 aromatic carbocycles. The van der Waals surface area contributed by atoms with Gasteiger partial charge in [-0.2, -0.15) is 5.10 Å². The minimum absolute atomic E-state index is 0.0554. The van der Waals surface area contributed by atoms with Crippen LogP contribution in [0.1, 0.15) is 17.3 Å². The first kappa shape index (κ1) is 12.9. The standard InChI is InChI=1S/C13H17ClN4/c1-9-12(8-16-18(9)2)13(7-15)17-11-5-3-10(14)4-6-11/h3-6,8,13,17H,7,15H2,1-2H3. The molecule has 1 unspecified atom stereocenters. The lowest BCUT2D eigenvalue weighted by molar-refractivity contribution is 0.728. The minimum Gasteiger partial charge on any atom is -0.377 e. The summed E-state index contributed by atoms with van der Waals surface area (Å²) in [6.45, 7) is 2.55. The predicted octanol–water partition coefficient (Wildman–Crippen LogP) is 2.49. The molecule has 0 bridgehead atoms. The lowest BCUT2D eigenvalue weighted by Gasteiger charge is -2.18. The molecule has 0 spiro atoms. The molecule has 0 radical (unpaired) electrons. The van der Waals surface area contributed by atoms with Gasteiger partial charge >= 0.3 is 0 Å². The molecule has 0 aliphatic carbocycles. The van der Waals surface area contributed by atoms with Gasteiger partial charge in [0.05, 0.1) is 12.2 Å². The van der Waals surface area contributed by atoms with Crippen LogP contribution in [-0.4, -0.2) is 16.3 Å². The van der Waals surface area contributed by atoms with Gasteiger partial charge in [0.25, 0.3) is 0 Å². The molecule has 18 heavy (non-hydrogen) atoms. The van der Waals surface area contributed by atoms with Gasteiger partial charge in [-0.1, -0.05) is 11.6 Å². The van der Waals surface area contributed by atoms with Crippen LogP contribution in [0.3, 0.4) is 0 Å². The molecule has 1 aromatic heterocycles. The van der Waals surface area contributed by atoms with Crippen molar-refractivity contribution < 1.29 is 0 Å². The second kappa shape index (κ2) is 5.42. The number of nitrogens with zero attached hydrogens (tertiary/aromatic N) is 2. The number of hydrogen-bond acceptors (Lipinski definition) is 3. The van der Waals surface area contributed by atoms with Crippen molar-refractivity contribution in [1.29, 1.82) is 0 Å². The SMILES string of the molecule is Cc1c(C(CN)Nc2ccc(Cl)cc2)cnn1C. The van der Waals surface area contributed by atoms with Gasteiger partial charge in [-0.25, -0.2) is 0 Å². The van der Waals surface area contributed by atoms with Crippen LogP contribution in [0.15, 0.2) is 30.5 Å². The molecule has 4 nitrogen and oxygen atoms in total. The number of anilines is 1. The molecule has 0 saturated heterocycles. The van der Waals surface area contributed by atoms with E-state index < -0.39 is 0 Å². The van der Waals surface area contributed by atoms with Gasteiger partial charge in [-0.3, -0.25) is 4.68 Å². The minimum atomic E-state index is 0.0554. The first-order chi connectivity index (χ1) is 8.61. The van der Waals surface area contributed by atoms with Crippen LogP contribution >= 0.6 is 11.6 Å². The van der Waals surface area contributed by atoms with Gasteiger partial charge in [-0.15, -0.1) is 0 Å². The van der Waals surface area contributed by atoms with Gasteiger partial charge in [0, 0.05) is 35.6 Å². The summed E-state index contributed by atoms with van der Waals surface area (Å²) in [4.78, 5) is 0. The molecule has 0 aliphatic heterocycles. The maximum absolute atomic E-state index is 5.86. The third-order valence-corrected chi connectivity index (χ3v) is 3.32. The average molecular weight is 265 g/mol. The van der Waals surface area contributed by atoms with Gasteiger partial charge in [0.2, 0.25) is 0 Å². The number of rotatable bonds is 4. The first-order valence-electron chi connectivity index (χ1n) is 5.82. The van der Waals surface area contributed by atoms with Crippen LogP contribution < -0.4 is 11.1 Å². The third kappa shape index (κ3) is 2.66. The quantitative estimate of drug-likeness (QED) is 0.892. The normalized spacial score (nSPS) is 12.4. The largest absolute Gasteiger partial charge is 0.377 e. The van der Waals surface area contributed by atoms with Crippen molar-refractivity contribution in [2.24, 2.45) is 12.8 Å². The van der Waals surface area contributed by atoms with Crippen molar-refractivity contribution in [3.05, 3.63) is 46.7 Å². The smallest absolute Gasteiger partial charge is 0.0669 e. The number of halogens is 1. The zero-order valence-electron chi connectivity index (χ0n) is 10.5. The fourth-order valence-corrected chi connectivity index (χ4v) is 1.99. The van der Waals surface area contributed by atoms with Crippen molar-refractivity contribution in [2.45, 2.75) is 13.0 Å². The second-order valence-corrected chi connectivity index (χ2v) is 4.68. The number of benzene rings is 1. The van der Waals surface area contributed by atoms with E-state index >= 15 is 0 Å². The van der Waals surface area contributed by atoms with E-state index in [4.69, 9.17) is 17.3 Å². The van der Waals surface area contributed by atoms with Crippen molar-refractivity contribution in [1.82, 2.24) is 9.78 Å². The van der Waals surface area contributed by atoms with Crippen molar-refractivity contribution >= 4 is 17.3 Å². The van der Waals surface area contributed by atoms with Crippen molar-refractivity contribution in [2.75, 3.05) is 11.9 Å². The molecule has 0 fully saturated rings. The van der Waals surface area contributed by atoms with Crippen LogP contribution in [-0.2, 0) is 7.05 Å². The summed E-state index contributed by atoms with van der Waals surface area (Å²) >= 11 is 5.86. The molecular weight excluding hydrogens is 248 g/mol. The molecule has 2 rings (SSSR count). The van der Waals surface area contributed by atoms with E-state index in [0.717, 1.165) is 22.0 Å². The number of aromatic nitrogens is 2. The predicted molar refractivity (Wildman–Crippen MR) is 74.8 cm³/mol. The summed E-state index contributed by atoms with van der Waals surface area (Å²) in [5, 5.41) is 8.35. The lowest BCUT2D eigenvalue weighted by Crippen LogP contribution is -2.21. The molecule has 0 amide bonds. The van der Waals surface area contributed by atoms with Gasteiger partial charge < -0.3 is 11.1 Å². The molecule has 1 atom stereocenters. The molecule has 0 saturated carbocycles. The molecule has 0 aliphatic rings. The Balaban J connectivity index is 2.19. The van der Waals surface area contributed by atoms with E-state index in [1.54, 1.807) is 0 Å². The van der Waals surface area contributed by atoms with Crippen LogP contribution in [0.4, 0.5) is 5.69 Å². The molecule has 5 heteroatoms. The second-order valence-electron chi connectivity index (χ2n) is 4.25. The highest BCUT2D eigenvalue weighted by Gasteiger charge is 2.14. The Hall–Kier alpha value is -1.52. The topological polar surface area (TPSA) is 55.9 Å². The van der Waals surface area contributed by atoms with E-state index in [-0.39, 0.29) is 6.04 Å². The number of hydrogen-bond donors (Lipinski definition) is 2. The third-order valence-electron chi connectivity index (χ3n) is 3.07. The van der Waals surface area contributed by atoms with Gasteiger partial charge in [0.15, 0.2) is 0 Å². The zero-order chi connectivity index (χ0) is 13.1. The Morgan fingerprint density at radius 2 is 2.06 bits per heavy atom. The van der Waals surface area contributed by atoms with E-state index in [1.165, 1.54) is 0 Å². The van der Waals surface area contributed by atoms with Crippen LogP contribution in [0.2, 0.25) is 5.02 Å². The monoisotopic (exact) mass is 264 g/mol. The van der Waals surface area contributed by atoms with Crippen LogP contribution in [0.5, 0.6) is 0 Å². The van der Waals surface area contributed by atoms with Crippen LogP contribution in [0.25, 0.3) is 0 Å². The highest BCUT2D eigenvalue weighted by molar-refractivity contribution is 6.30. The first-order valence-corrected chi connectivity index (χ1v) is 6.20. The summed E-state index contributed by atoms with van der Waals surface area (Å²) in [5.74, 6) is 0. The van der Waals surface area contributed by atoms with Crippen molar-refractivity contribution in [3.8, 4) is 0 Å². The van der Waals surface area contributed by atoms with Crippen LogP contribution in [0, 0.1) is 6.92 Å². The maximum Gasteiger partial charge on any atom is 0.0669 e. The number of aryl methyl sites for hydroxylation is 1. The van der Waals surface area contributed by atoms with Crippen molar-refractivity contribution in [3.63, 3.8) is 0 Å². The van der Waals surface area contributed by atoms with Gasteiger partial charge in [-0.05, 0) is 31.2 Å². The molecular formula is C13H17ClN4. The Kier molecular flexibility index (Phi) is 3.89. The van der Waals surface area contributed by atoms with E-state index in [2.05, 4.69) is 10.4 Å². The van der Waals surface area contributed by atoms with E-state index in [1.807, 2.05) is 49.1 Å². The molecule has 1 heterocycles. The summed E-state index contributed by atoms with van der Waals surface area (Å²) in [5.41, 5.74) is 9.07. The van der Waals surface area contributed by atoms with E-state index in [0.29, 0.717) is 6.54 Å². The lowest BCUT2D eigenvalue weighted by atomic mass is 10.1. The molecule has 2 aromatic rings. The Bertz CT molecular complexity index is 518. The van der Waals surface area contributed by atoms with E-state index in [9.17, 15) is 0 Å². The van der Waals surface area contributed by atoms with Gasteiger partial charge in [0.1, 0.15) is 0 Å². The number of nitrogens with two attached hydrogens (primary N) is 1. The fourth-order valence-electron chi connectivity index (χ4n) is 1.87. The summed E-state index contributed by atoms with van der Waals surface area (Å²) in [6, 6.07) is 7.65. The highest BCUT2D eigenvalue weighted by atomic mass is 35.5. The Morgan fingerprint density at radius 1 is 1.39 bits per heavy atom. The molecule has 3 N–H and O–H groups in total. The Labute approximate surface area is 112 Å². The summed E-state index contributed by atoms with van der Waals surface area (Å²) in [7, 11) is 1.93. The Morgan fingerprint density at radius 3 is 2.56 bits per heavy atom. The highest BCUT2D eigenvalue weighted by Crippen LogP contribution is 2.22.